The van der Waals surface area contributed by atoms with Gasteiger partial charge in [0.05, 0.1) is 34.5 Å². The quantitative estimate of drug-likeness (QED) is 0.463. The number of nitrogens with two attached hydrogens (primary N) is 1. The number of fused-ring (bicyclic) bond motifs is 2. The Kier molecular flexibility index (Phi) is 4.38. The number of hydrogen-bond acceptors (Lipinski definition) is 6. The Labute approximate surface area is 179 Å². The zero-order valence-electron chi connectivity index (χ0n) is 15.3. The van der Waals surface area contributed by atoms with Crippen LogP contribution in [0.25, 0.3) is 27.8 Å². The molecule has 148 valence electrons. The molecule has 3 aromatic heterocycles. The predicted molar refractivity (Wildman–Crippen MR) is 116 cm³/mol. The summed E-state index contributed by atoms with van der Waals surface area (Å²) in [6, 6.07) is 12.1. The number of halogens is 2. The standard InChI is InChI=1S/C20H13Cl2N7O/c21-11-5-6-13(22)15(7-11)29-16(27-14-4-2-1-3-12(14)20(29)30)8-28-10-26-17-18(23)24-9-25-19(17)28/h1-7,9-10H,8H2,(H2,23,24,25). The average Bonchev–Trinajstić information content (AvgIpc) is 3.15. The third-order valence-corrected chi connectivity index (χ3v) is 5.29. The summed E-state index contributed by atoms with van der Waals surface area (Å²) < 4.78 is 3.21. The number of aromatic nitrogens is 6. The minimum atomic E-state index is -0.252. The number of rotatable bonds is 3. The van der Waals surface area contributed by atoms with Gasteiger partial charge in [-0.05, 0) is 30.3 Å². The zero-order chi connectivity index (χ0) is 20.8. The van der Waals surface area contributed by atoms with E-state index < -0.39 is 0 Å². The summed E-state index contributed by atoms with van der Waals surface area (Å²) in [4.78, 5) is 30.6. The molecule has 10 heteroatoms. The van der Waals surface area contributed by atoms with Crippen molar-refractivity contribution in [3.63, 3.8) is 0 Å². The highest BCUT2D eigenvalue weighted by atomic mass is 35.5. The maximum atomic E-state index is 13.4. The fourth-order valence-corrected chi connectivity index (χ4v) is 3.73. The fraction of sp³-hybridized carbons (Fsp3) is 0.0500. The third kappa shape index (κ3) is 2.97. The lowest BCUT2D eigenvalue weighted by molar-refractivity contribution is 0.718. The van der Waals surface area contributed by atoms with Crippen molar-refractivity contribution in [2.24, 2.45) is 0 Å². The van der Waals surface area contributed by atoms with Crippen LogP contribution in [0.15, 0.2) is 59.9 Å². The lowest BCUT2D eigenvalue weighted by Crippen LogP contribution is -2.25. The summed E-state index contributed by atoms with van der Waals surface area (Å²) in [6.45, 7) is 0.204. The van der Waals surface area contributed by atoms with Crippen LogP contribution in [-0.4, -0.2) is 29.1 Å². The highest BCUT2D eigenvalue weighted by molar-refractivity contribution is 6.34. The van der Waals surface area contributed by atoms with Gasteiger partial charge in [-0.15, -0.1) is 0 Å². The minimum Gasteiger partial charge on any atom is -0.382 e. The van der Waals surface area contributed by atoms with Gasteiger partial charge in [-0.1, -0.05) is 35.3 Å². The van der Waals surface area contributed by atoms with Crippen molar-refractivity contribution < 1.29 is 0 Å². The van der Waals surface area contributed by atoms with Crippen molar-refractivity contribution in [3.8, 4) is 5.69 Å². The van der Waals surface area contributed by atoms with Crippen LogP contribution in [0.1, 0.15) is 5.82 Å². The van der Waals surface area contributed by atoms with Gasteiger partial charge >= 0.3 is 0 Å². The van der Waals surface area contributed by atoms with Crippen molar-refractivity contribution >= 4 is 51.1 Å². The molecule has 3 heterocycles. The van der Waals surface area contributed by atoms with Crippen molar-refractivity contribution in [1.82, 2.24) is 29.1 Å². The van der Waals surface area contributed by atoms with Crippen LogP contribution in [0.5, 0.6) is 0 Å². The number of anilines is 1. The van der Waals surface area contributed by atoms with E-state index in [-0.39, 0.29) is 17.9 Å². The van der Waals surface area contributed by atoms with Crippen molar-refractivity contribution in [3.05, 3.63) is 81.3 Å². The lowest BCUT2D eigenvalue weighted by Gasteiger charge is -2.15. The molecule has 0 aliphatic heterocycles. The predicted octanol–water partition coefficient (Wildman–Crippen LogP) is 3.46. The fourth-order valence-electron chi connectivity index (χ4n) is 3.36. The monoisotopic (exact) mass is 437 g/mol. The van der Waals surface area contributed by atoms with Crippen LogP contribution in [0.2, 0.25) is 10.0 Å². The first-order valence-corrected chi connectivity index (χ1v) is 9.66. The highest BCUT2D eigenvalue weighted by Gasteiger charge is 2.17. The van der Waals surface area contributed by atoms with Gasteiger partial charge in [0.1, 0.15) is 17.7 Å². The van der Waals surface area contributed by atoms with Crippen LogP contribution in [0.3, 0.4) is 0 Å². The third-order valence-electron chi connectivity index (χ3n) is 4.74. The Morgan fingerprint density at radius 2 is 1.87 bits per heavy atom. The minimum absolute atomic E-state index is 0.204. The highest BCUT2D eigenvalue weighted by Crippen LogP contribution is 2.25. The summed E-state index contributed by atoms with van der Waals surface area (Å²) in [5.41, 5.74) is 7.67. The van der Waals surface area contributed by atoms with Crippen LogP contribution in [0, 0.1) is 0 Å². The van der Waals surface area contributed by atoms with Gasteiger partial charge < -0.3 is 10.3 Å². The summed E-state index contributed by atoms with van der Waals surface area (Å²) in [5, 5.41) is 1.30. The summed E-state index contributed by atoms with van der Waals surface area (Å²) in [5.74, 6) is 0.722. The molecule has 0 saturated heterocycles. The van der Waals surface area contributed by atoms with Crippen LogP contribution < -0.4 is 11.3 Å². The van der Waals surface area contributed by atoms with Crippen LogP contribution >= 0.6 is 23.2 Å². The topological polar surface area (TPSA) is 105 Å². The first-order valence-electron chi connectivity index (χ1n) is 8.90. The summed E-state index contributed by atoms with van der Waals surface area (Å²) in [6.07, 6.45) is 2.95. The van der Waals surface area contributed by atoms with Gasteiger partial charge in [0.15, 0.2) is 11.5 Å². The Morgan fingerprint density at radius 3 is 2.73 bits per heavy atom. The van der Waals surface area contributed by atoms with Crippen molar-refractivity contribution in [1.29, 1.82) is 0 Å². The Bertz CT molecular complexity index is 1490. The smallest absolute Gasteiger partial charge is 0.266 e. The molecule has 0 atom stereocenters. The second-order valence-electron chi connectivity index (χ2n) is 6.59. The van der Waals surface area contributed by atoms with Crippen LogP contribution in [0.4, 0.5) is 5.82 Å². The molecule has 0 fully saturated rings. The molecule has 0 bridgehead atoms. The number of nitrogen functional groups attached to an aromatic ring is 1. The average molecular weight is 438 g/mol. The largest absolute Gasteiger partial charge is 0.382 e. The second kappa shape index (κ2) is 7.08. The molecule has 5 aromatic rings. The van der Waals surface area contributed by atoms with Gasteiger partial charge in [-0.2, -0.15) is 0 Å². The van der Waals surface area contributed by atoms with Crippen molar-refractivity contribution in [2.45, 2.75) is 6.54 Å². The Balaban J connectivity index is 1.79. The first kappa shape index (κ1) is 18.5. The molecule has 0 amide bonds. The van der Waals surface area contributed by atoms with Crippen LogP contribution in [-0.2, 0) is 6.54 Å². The zero-order valence-corrected chi connectivity index (χ0v) is 16.8. The summed E-state index contributed by atoms with van der Waals surface area (Å²) >= 11 is 12.6. The number of nitrogens with zero attached hydrogens (tertiary/aromatic N) is 6. The van der Waals surface area contributed by atoms with Gasteiger partial charge in [0.25, 0.3) is 5.56 Å². The van der Waals surface area contributed by atoms with E-state index in [4.69, 9.17) is 33.9 Å². The first-order chi connectivity index (χ1) is 14.5. The molecule has 0 radical (unpaired) electrons. The second-order valence-corrected chi connectivity index (χ2v) is 7.43. The van der Waals surface area contributed by atoms with E-state index in [1.54, 1.807) is 47.3 Å². The van der Waals surface area contributed by atoms with Gasteiger partial charge in [0.2, 0.25) is 0 Å². The van der Waals surface area contributed by atoms with E-state index in [9.17, 15) is 4.79 Å². The van der Waals surface area contributed by atoms with E-state index >= 15 is 0 Å². The van der Waals surface area contributed by atoms with Crippen molar-refractivity contribution in [2.75, 3.05) is 5.73 Å². The number of benzene rings is 2. The van der Waals surface area contributed by atoms with E-state index in [0.29, 0.717) is 43.6 Å². The molecule has 0 aliphatic carbocycles. The molecule has 0 aliphatic rings. The normalized spacial score (nSPS) is 11.4. The molecule has 8 nitrogen and oxygen atoms in total. The molecular weight excluding hydrogens is 425 g/mol. The van der Waals surface area contributed by atoms with E-state index in [0.717, 1.165) is 0 Å². The molecule has 0 spiro atoms. The van der Waals surface area contributed by atoms with E-state index in [1.165, 1.54) is 10.9 Å². The SMILES string of the molecule is Nc1ncnc2c1ncn2Cc1nc2ccccc2c(=O)n1-c1cc(Cl)ccc1Cl. The molecular formula is C20H13Cl2N7O. The maximum absolute atomic E-state index is 13.4. The van der Waals surface area contributed by atoms with Gasteiger partial charge in [-0.3, -0.25) is 9.36 Å². The Hall–Kier alpha value is -3.49. The number of hydrogen-bond donors (Lipinski definition) is 1. The molecule has 0 unspecified atom stereocenters. The maximum Gasteiger partial charge on any atom is 0.266 e. The molecule has 2 N–H and O–H groups in total. The van der Waals surface area contributed by atoms with Gasteiger partial charge in [-0.25, -0.2) is 19.9 Å². The van der Waals surface area contributed by atoms with E-state index in [1.807, 2.05) is 6.07 Å². The lowest BCUT2D eigenvalue weighted by atomic mass is 10.2. The molecule has 0 saturated carbocycles. The number of para-hydroxylation sites is 1. The summed E-state index contributed by atoms with van der Waals surface area (Å²) in [7, 11) is 0. The Morgan fingerprint density at radius 1 is 1.03 bits per heavy atom. The molecule has 30 heavy (non-hydrogen) atoms. The van der Waals surface area contributed by atoms with E-state index in [2.05, 4.69) is 15.0 Å². The molecule has 5 rings (SSSR count). The van der Waals surface area contributed by atoms with Gasteiger partial charge in [0, 0.05) is 5.02 Å². The molecule has 2 aromatic carbocycles. The number of imidazole rings is 1.